The van der Waals surface area contributed by atoms with Crippen LogP contribution in [0, 0.1) is 5.82 Å². The second-order valence-corrected chi connectivity index (χ2v) is 5.52. The van der Waals surface area contributed by atoms with Crippen LogP contribution in [-0.2, 0) is 17.8 Å². The van der Waals surface area contributed by atoms with Crippen molar-refractivity contribution in [3.63, 3.8) is 0 Å². The Balaban J connectivity index is 0.00000225. The van der Waals surface area contributed by atoms with Gasteiger partial charge in [0.15, 0.2) is 5.96 Å². The monoisotopic (exact) mass is 412 g/mol. The van der Waals surface area contributed by atoms with E-state index in [4.69, 9.17) is 14.9 Å². The van der Waals surface area contributed by atoms with Gasteiger partial charge in [0.2, 0.25) is 0 Å². The summed E-state index contributed by atoms with van der Waals surface area (Å²) < 4.78 is 24.8. The normalized spacial score (nSPS) is 14.9. The molecule has 0 spiro atoms. The van der Waals surface area contributed by atoms with E-state index < -0.39 is 0 Å². The molecular formula is C17H22BrFN4O2. The Hall–Kier alpha value is -2.06. The zero-order chi connectivity index (χ0) is 16.8. The van der Waals surface area contributed by atoms with Crippen molar-refractivity contribution >= 4 is 28.6 Å². The highest BCUT2D eigenvalue weighted by Gasteiger charge is 2.15. The van der Waals surface area contributed by atoms with Crippen LogP contribution < -0.4 is 16.0 Å². The molecular weight excluding hydrogens is 391 g/mol. The summed E-state index contributed by atoms with van der Waals surface area (Å²) in [6.45, 7) is 3.45. The number of furan rings is 1. The average Bonchev–Trinajstić information content (AvgIpc) is 3.12. The lowest BCUT2D eigenvalue weighted by molar-refractivity contribution is 0.122. The average molecular weight is 413 g/mol. The van der Waals surface area contributed by atoms with Gasteiger partial charge >= 0.3 is 0 Å². The Kier molecular flexibility index (Phi) is 7.27. The number of ether oxygens (including phenoxy) is 1. The van der Waals surface area contributed by atoms with E-state index in [9.17, 15) is 4.39 Å². The molecule has 8 heteroatoms. The largest absolute Gasteiger partial charge is 0.467 e. The summed E-state index contributed by atoms with van der Waals surface area (Å²) in [5.74, 6) is 0.824. The third kappa shape index (κ3) is 5.47. The minimum Gasteiger partial charge on any atom is -0.467 e. The van der Waals surface area contributed by atoms with Gasteiger partial charge in [-0.1, -0.05) is 6.07 Å². The number of morpholine rings is 1. The topological polar surface area (TPSA) is 76.0 Å². The van der Waals surface area contributed by atoms with Crippen LogP contribution in [0.25, 0.3) is 0 Å². The van der Waals surface area contributed by atoms with Gasteiger partial charge in [0.05, 0.1) is 38.3 Å². The van der Waals surface area contributed by atoms with Crippen LogP contribution in [0.5, 0.6) is 0 Å². The molecule has 1 aliphatic rings. The fourth-order valence-electron chi connectivity index (χ4n) is 2.53. The van der Waals surface area contributed by atoms with Gasteiger partial charge in [0, 0.05) is 13.1 Å². The van der Waals surface area contributed by atoms with E-state index in [0.717, 1.165) is 11.3 Å². The zero-order valence-electron chi connectivity index (χ0n) is 13.8. The smallest absolute Gasteiger partial charge is 0.189 e. The molecule has 1 aromatic heterocycles. The van der Waals surface area contributed by atoms with Crippen LogP contribution in [0.3, 0.4) is 0 Å². The third-order valence-electron chi connectivity index (χ3n) is 3.82. The second kappa shape index (κ2) is 9.43. The van der Waals surface area contributed by atoms with E-state index in [0.29, 0.717) is 51.0 Å². The minimum atomic E-state index is -0.244. The lowest BCUT2D eigenvalue weighted by Crippen LogP contribution is -2.36. The number of guanidine groups is 1. The maximum atomic E-state index is 14.3. The fraction of sp³-hybridized carbons (Fsp3) is 0.353. The Bertz CT molecular complexity index is 688. The first-order valence-electron chi connectivity index (χ1n) is 7.89. The van der Waals surface area contributed by atoms with Crippen molar-refractivity contribution in [2.45, 2.75) is 13.1 Å². The number of hydrogen-bond donors (Lipinski definition) is 2. The van der Waals surface area contributed by atoms with E-state index in [1.807, 2.05) is 23.1 Å². The highest BCUT2D eigenvalue weighted by atomic mass is 79.9. The van der Waals surface area contributed by atoms with Gasteiger partial charge in [-0.25, -0.2) is 9.38 Å². The van der Waals surface area contributed by atoms with Crippen molar-refractivity contribution in [3.05, 3.63) is 53.7 Å². The van der Waals surface area contributed by atoms with Gasteiger partial charge in [0.25, 0.3) is 0 Å². The number of nitrogens with one attached hydrogen (secondary N) is 1. The number of hydrogen-bond acceptors (Lipinski definition) is 4. The maximum Gasteiger partial charge on any atom is 0.189 e. The molecule has 1 fully saturated rings. The Morgan fingerprint density at radius 2 is 2.08 bits per heavy atom. The summed E-state index contributed by atoms with van der Waals surface area (Å²) in [5, 5.41) is 2.95. The summed E-state index contributed by atoms with van der Waals surface area (Å²) in [4.78, 5) is 6.21. The molecule has 2 aromatic rings. The van der Waals surface area contributed by atoms with Crippen LogP contribution in [0.1, 0.15) is 11.3 Å². The number of rotatable bonds is 5. The maximum absolute atomic E-state index is 14.3. The molecule has 0 atom stereocenters. The third-order valence-corrected chi connectivity index (χ3v) is 3.82. The number of anilines is 1. The van der Waals surface area contributed by atoms with Crippen molar-refractivity contribution < 1.29 is 13.5 Å². The first-order chi connectivity index (χ1) is 11.7. The quantitative estimate of drug-likeness (QED) is 0.582. The minimum absolute atomic E-state index is 0. The van der Waals surface area contributed by atoms with Crippen molar-refractivity contribution in [3.8, 4) is 0 Å². The number of halogens is 2. The molecule has 0 radical (unpaired) electrons. The van der Waals surface area contributed by atoms with Crippen LogP contribution >= 0.6 is 17.0 Å². The molecule has 3 rings (SSSR count). The Morgan fingerprint density at radius 3 is 2.76 bits per heavy atom. The lowest BCUT2D eigenvalue weighted by atomic mass is 10.1. The molecule has 0 bridgehead atoms. The van der Waals surface area contributed by atoms with E-state index in [-0.39, 0.29) is 22.8 Å². The predicted molar refractivity (Wildman–Crippen MR) is 101 cm³/mol. The van der Waals surface area contributed by atoms with E-state index >= 15 is 0 Å². The number of benzene rings is 1. The number of nitrogens with zero attached hydrogens (tertiary/aromatic N) is 2. The molecule has 3 N–H and O–H groups in total. The van der Waals surface area contributed by atoms with Crippen LogP contribution in [0.15, 0.2) is 46.0 Å². The van der Waals surface area contributed by atoms with Gasteiger partial charge in [0.1, 0.15) is 11.6 Å². The van der Waals surface area contributed by atoms with Crippen LogP contribution in [0.2, 0.25) is 0 Å². The van der Waals surface area contributed by atoms with Gasteiger partial charge in [-0.15, -0.1) is 17.0 Å². The summed E-state index contributed by atoms with van der Waals surface area (Å²) in [6, 6.07) is 8.83. The summed E-state index contributed by atoms with van der Waals surface area (Å²) >= 11 is 0. The lowest BCUT2D eigenvalue weighted by Gasteiger charge is -2.29. The van der Waals surface area contributed by atoms with E-state index in [2.05, 4.69) is 10.3 Å². The van der Waals surface area contributed by atoms with Gasteiger partial charge in [-0.2, -0.15) is 0 Å². The summed E-state index contributed by atoms with van der Waals surface area (Å²) in [7, 11) is 0. The molecule has 0 unspecified atom stereocenters. The standard InChI is InChI=1S/C17H21FN4O2.BrH/c18-15-10-13(3-4-16(15)22-5-8-23-9-6-22)11-20-17(19)21-12-14-2-1-7-24-14;/h1-4,7,10H,5-6,8-9,11-12H2,(H3,19,20,21);1H. The molecule has 2 heterocycles. The van der Waals surface area contributed by atoms with Gasteiger partial charge in [-0.05, 0) is 29.8 Å². The molecule has 1 saturated heterocycles. The highest BCUT2D eigenvalue weighted by Crippen LogP contribution is 2.21. The van der Waals surface area contributed by atoms with E-state index in [1.54, 1.807) is 12.3 Å². The van der Waals surface area contributed by atoms with Crippen molar-refractivity contribution in [1.82, 2.24) is 5.32 Å². The van der Waals surface area contributed by atoms with Gasteiger partial charge in [-0.3, -0.25) is 0 Å². The van der Waals surface area contributed by atoms with Crippen LogP contribution in [0.4, 0.5) is 10.1 Å². The Morgan fingerprint density at radius 1 is 1.28 bits per heavy atom. The molecule has 0 saturated carbocycles. The Labute approximate surface area is 156 Å². The van der Waals surface area contributed by atoms with Crippen molar-refractivity contribution in [1.29, 1.82) is 0 Å². The van der Waals surface area contributed by atoms with E-state index in [1.165, 1.54) is 6.07 Å². The van der Waals surface area contributed by atoms with Crippen molar-refractivity contribution in [2.24, 2.45) is 10.7 Å². The molecule has 0 amide bonds. The zero-order valence-corrected chi connectivity index (χ0v) is 15.5. The molecule has 25 heavy (non-hydrogen) atoms. The summed E-state index contributed by atoms with van der Waals surface area (Å²) in [6.07, 6.45) is 1.60. The first kappa shape index (κ1) is 19.3. The SMILES string of the molecule is Br.NC(=NCc1ccc(N2CCOCC2)c(F)c1)NCc1ccco1. The fourth-order valence-corrected chi connectivity index (χ4v) is 2.53. The molecule has 1 aliphatic heterocycles. The molecule has 136 valence electrons. The van der Waals surface area contributed by atoms with Gasteiger partial charge < -0.3 is 25.1 Å². The predicted octanol–water partition coefficient (Wildman–Crippen LogP) is 2.44. The number of nitrogens with two attached hydrogens (primary N) is 1. The molecule has 6 nitrogen and oxygen atoms in total. The first-order valence-corrected chi connectivity index (χ1v) is 7.89. The molecule has 1 aromatic carbocycles. The summed E-state index contributed by atoms with van der Waals surface area (Å²) in [5.41, 5.74) is 7.18. The second-order valence-electron chi connectivity index (χ2n) is 5.52. The number of aliphatic imine (C=N–C) groups is 1. The highest BCUT2D eigenvalue weighted by molar-refractivity contribution is 8.93. The molecule has 0 aliphatic carbocycles. The van der Waals surface area contributed by atoms with Crippen LogP contribution in [-0.4, -0.2) is 32.3 Å². The van der Waals surface area contributed by atoms with Crippen molar-refractivity contribution in [2.75, 3.05) is 31.2 Å².